The summed E-state index contributed by atoms with van der Waals surface area (Å²) >= 11 is 0. The first kappa shape index (κ1) is 8.70. The number of nitrogens with zero attached hydrogens (tertiary/aromatic N) is 1. The third kappa shape index (κ3) is 1.25. The highest BCUT2D eigenvalue weighted by molar-refractivity contribution is 5.33. The summed E-state index contributed by atoms with van der Waals surface area (Å²) in [4.78, 5) is 4.62. The number of hydrogen-bond acceptors (Lipinski definition) is 2. The minimum atomic E-state index is 0.0986. The monoisotopic (exact) mass is 176 g/mol. The summed E-state index contributed by atoms with van der Waals surface area (Å²) < 4.78 is 0. The molecular formula is C11H16N2. The Kier molecular flexibility index (Phi) is 1.88. The van der Waals surface area contributed by atoms with Gasteiger partial charge in [0.25, 0.3) is 0 Å². The molecule has 0 aromatic carbocycles. The normalized spacial score (nSPS) is 26.1. The average Bonchev–Trinajstić information content (AvgIpc) is 2.45. The number of nitrogens with one attached hydrogen (secondary N) is 1. The zero-order chi connectivity index (χ0) is 9.47. The summed E-state index contributed by atoms with van der Waals surface area (Å²) in [5.41, 5.74) is 3.86. The van der Waals surface area contributed by atoms with Crippen LogP contribution in [0.25, 0.3) is 0 Å². The van der Waals surface area contributed by atoms with Gasteiger partial charge in [0.05, 0.1) is 11.2 Å². The lowest BCUT2D eigenvalue weighted by atomic mass is 9.99. The van der Waals surface area contributed by atoms with Crippen LogP contribution in [0.3, 0.4) is 0 Å². The number of aromatic nitrogens is 1. The highest BCUT2D eigenvalue weighted by Gasteiger charge is 2.33. The van der Waals surface area contributed by atoms with Crippen LogP contribution in [0.2, 0.25) is 0 Å². The second-order valence-electron chi connectivity index (χ2n) is 4.04. The lowest BCUT2D eigenvalue weighted by molar-refractivity contribution is 0.389. The highest BCUT2D eigenvalue weighted by Crippen LogP contribution is 2.34. The number of aryl methyl sites for hydroxylation is 2. The predicted octanol–water partition coefficient (Wildman–Crippen LogP) is 1.77. The zero-order valence-electron chi connectivity index (χ0n) is 8.52. The van der Waals surface area contributed by atoms with Crippen molar-refractivity contribution in [2.45, 2.75) is 32.2 Å². The molecule has 0 spiro atoms. The van der Waals surface area contributed by atoms with Crippen molar-refractivity contribution in [2.75, 3.05) is 7.05 Å². The fraction of sp³-hybridized carbons (Fsp3) is 0.545. The van der Waals surface area contributed by atoms with Crippen molar-refractivity contribution in [1.82, 2.24) is 10.3 Å². The SMILES string of the molecule is CNC1(C)CCc2ccc(C)nc21. The molecule has 2 nitrogen and oxygen atoms in total. The second kappa shape index (κ2) is 2.81. The van der Waals surface area contributed by atoms with E-state index >= 15 is 0 Å². The molecule has 1 aromatic rings. The molecule has 0 saturated carbocycles. The molecule has 70 valence electrons. The lowest BCUT2D eigenvalue weighted by Crippen LogP contribution is -2.35. The van der Waals surface area contributed by atoms with Gasteiger partial charge in [-0.25, -0.2) is 0 Å². The minimum Gasteiger partial charge on any atom is -0.309 e. The molecule has 1 unspecified atom stereocenters. The molecule has 0 bridgehead atoms. The second-order valence-corrected chi connectivity index (χ2v) is 4.04. The van der Waals surface area contributed by atoms with Crippen molar-refractivity contribution in [1.29, 1.82) is 0 Å². The van der Waals surface area contributed by atoms with Crippen LogP contribution in [-0.2, 0) is 12.0 Å². The molecule has 0 amide bonds. The van der Waals surface area contributed by atoms with E-state index < -0.39 is 0 Å². The predicted molar refractivity (Wildman–Crippen MR) is 53.7 cm³/mol. The molecule has 0 saturated heterocycles. The van der Waals surface area contributed by atoms with Crippen molar-refractivity contribution < 1.29 is 0 Å². The largest absolute Gasteiger partial charge is 0.309 e. The Labute approximate surface area is 79.4 Å². The number of rotatable bonds is 1. The average molecular weight is 176 g/mol. The molecular weight excluding hydrogens is 160 g/mol. The first-order chi connectivity index (χ1) is 6.15. The molecule has 1 aromatic heterocycles. The standard InChI is InChI=1S/C11H16N2/c1-8-4-5-9-6-7-11(2,12-3)10(9)13-8/h4-5,12H,6-7H2,1-3H3. The van der Waals surface area contributed by atoms with Crippen molar-refractivity contribution >= 4 is 0 Å². The van der Waals surface area contributed by atoms with Crippen LogP contribution >= 0.6 is 0 Å². The molecule has 0 aliphatic heterocycles. The molecule has 0 radical (unpaired) electrons. The van der Waals surface area contributed by atoms with E-state index in [0.717, 1.165) is 18.5 Å². The third-order valence-corrected chi connectivity index (χ3v) is 3.09. The Hall–Kier alpha value is -0.890. The van der Waals surface area contributed by atoms with Gasteiger partial charge in [-0.15, -0.1) is 0 Å². The van der Waals surface area contributed by atoms with Crippen LogP contribution in [0, 0.1) is 6.92 Å². The van der Waals surface area contributed by atoms with Gasteiger partial charge in [-0.05, 0) is 45.4 Å². The summed E-state index contributed by atoms with van der Waals surface area (Å²) in [7, 11) is 2.01. The molecule has 13 heavy (non-hydrogen) atoms. The lowest BCUT2D eigenvalue weighted by Gasteiger charge is -2.23. The molecule has 1 aliphatic carbocycles. The van der Waals surface area contributed by atoms with E-state index in [-0.39, 0.29) is 5.54 Å². The molecule has 1 N–H and O–H groups in total. The van der Waals surface area contributed by atoms with Gasteiger partial charge in [0.2, 0.25) is 0 Å². The summed E-state index contributed by atoms with van der Waals surface area (Å²) in [5.74, 6) is 0. The van der Waals surface area contributed by atoms with E-state index in [9.17, 15) is 0 Å². The van der Waals surface area contributed by atoms with Gasteiger partial charge in [-0.2, -0.15) is 0 Å². The van der Waals surface area contributed by atoms with Crippen molar-refractivity contribution in [2.24, 2.45) is 0 Å². The summed E-state index contributed by atoms with van der Waals surface area (Å²) in [6.45, 7) is 4.28. The van der Waals surface area contributed by atoms with Gasteiger partial charge >= 0.3 is 0 Å². The van der Waals surface area contributed by atoms with Crippen molar-refractivity contribution in [3.8, 4) is 0 Å². The van der Waals surface area contributed by atoms with Crippen LogP contribution in [0.1, 0.15) is 30.3 Å². The Morgan fingerprint density at radius 2 is 2.23 bits per heavy atom. The Balaban J connectivity index is 2.52. The number of fused-ring (bicyclic) bond motifs is 1. The van der Waals surface area contributed by atoms with Crippen LogP contribution in [-0.4, -0.2) is 12.0 Å². The molecule has 2 heteroatoms. The Bertz CT molecular complexity index is 333. The number of hydrogen-bond donors (Lipinski definition) is 1. The maximum atomic E-state index is 4.62. The molecule has 1 atom stereocenters. The zero-order valence-corrected chi connectivity index (χ0v) is 8.52. The summed E-state index contributed by atoms with van der Waals surface area (Å²) in [6.07, 6.45) is 2.31. The van der Waals surface area contributed by atoms with Gasteiger partial charge in [-0.1, -0.05) is 6.07 Å². The molecule has 1 heterocycles. The van der Waals surface area contributed by atoms with Crippen molar-refractivity contribution in [3.63, 3.8) is 0 Å². The van der Waals surface area contributed by atoms with Crippen LogP contribution in [0.5, 0.6) is 0 Å². The van der Waals surface area contributed by atoms with Crippen LogP contribution in [0.4, 0.5) is 0 Å². The van der Waals surface area contributed by atoms with E-state index in [4.69, 9.17) is 0 Å². The van der Waals surface area contributed by atoms with Gasteiger partial charge < -0.3 is 5.32 Å². The van der Waals surface area contributed by atoms with E-state index in [1.165, 1.54) is 11.3 Å². The topological polar surface area (TPSA) is 24.9 Å². The number of pyridine rings is 1. The third-order valence-electron chi connectivity index (χ3n) is 3.09. The van der Waals surface area contributed by atoms with Crippen molar-refractivity contribution in [3.05, 3.63) is 29.1 Å². The summed E-state index contributed by atoms with van der Waals surface area (Å²) in [5, 5.41) is 3.36. The molecule has 1 aliphatic rings. The van der Waals surface area contributed by atoms with E-state index in [1.807, 2.05) is 7.05 Å². The Morgan fingerprint density at radius 3 is 2.92 bits per heavy atom. The molecule has 2 rings (SSSR count). The Morgan fingerprint density at radius 1 is 1.46 bits per heavy atom. The first-order valence-electron chi connectivity index (χ1n) is 4.82. The van der Waals surface area contributed by atoms with Gasteiger partial charge in [-0.3, -0.25) is 4.98 Å². The maximum absolute atomic E-state index is 4.62. The van der Waals surface area contributed by atoms with E-state index in [2.05, 4.69) is 36.3 Å². The quantitative estimate of drug-likeness (QED) is 0.705. The molecule has 0 fully saturated rings. The summed E-state index contributed by atoms with van der Waals surface area (Å²) in [6, 6.07) is 4.31. The highest BCUT2D eigenvalue weighted by atomic mass is 15.0. The van der Waals surface area contributed by atoms with Crippen LogP contribution in [0.15, 0.2) is 12.1 Å². The van der Waals surface area contributed by atoms with E-state index in [1.54, 1.807) is 0 Å². The fourth-order valence-electron chi connectivity index (χ4n) is 2.01. The van der Waals surface area contributed by atoms with Gasteiger partial charge in [0.1, 0.15) is 0 Å². The maximum Gasteiger partial charge on any atom is 0.0636 e. The first-order valence-corrected chi connectivity index (χ1v) is 4.82. The smallest absolute Gasteiger partial charge is 0.0636 e. The van der Waals surface area contributed by atoms with Crippen LogP contribution < -0.4 is 5.32 Å². The fourth-order valence-corrected chi connectivity index (χ4v) is 2.01. The van der Waals surface area contributed by atoms with Gasteiger partial charge in [0.15, 0.2) is 0 Å². The minimum absolute atomic E-state index is 0.0986. The van der Waals surface area contributed by atoms with E-state index in [0.29, 0.717) is 0 Å². The van der Waals surface area contributed by atoms with Gasteiger partial charge in [0, 0.05) is 5.69 Å².